The Bertz CT molecular complexity index is 1200. The van der Waals surface area contributed by atoms with Crippen LogP contribution in [0.3, 0.4) is 0 Å². The van der Waals surface area contributed by atoms with Gasteiger partial charge in [0, 0.05) is 37.6 Å². The van der Waals surface area contributed by atoms with Gasteiger partial charge in [0.05, 0.1) is 31.0 Å². The summed E-state index contributed by atoms with van der Waals surface area (Å²) in [4.78, 5) is 24.2. The second-order valence-electron chi connectivity index (χ2n) is 9.12. The molecule has 2 aliphatic rings. The monoisotopic (exact) mass is 466 g/mol. The number of nitrogens with zero attached hydrogens (tertiary/aromatic N) is 6. The van der Waals surface area contributed by atoms with E-state index in [4.69, 9.17) is 4.74 Å². The average Bonchev–Trinajstić information content (AvgIpc) is 3.26. The van der Waals surface area contributed by atoms with Crippen LogP contribution in [0.1, 0.15) is 35.7 Å². The summed E-state index contributed by atoms with van der Waals surface area (Å²) < 4.78 is 7.44. The number of anilines is 1. The van der Waals surface area contributed by atoms with Crippen molar-refractivity contribution < 1.29 is 19.7 Å². The lowest BCUT2D eigenvalue weighted by atomic mass is 9.86. The van der Waals surface area contributed by atoms with Gasteiger partial charge < -0.3 is 24.7 Å². The minimum atomic E-state index is -0.843. The van der Waals surface area contributed by atoms with Crippen LogP contribution in [0.4, 0.5) is 10.6 Å². The standard InChI is InChI=1S/C24H30N6O4/c1-15-9-18-12-25-30(21(18)10-20(15)17-3-5-28(6-4-17)24(32)33)23-11-22(26-16(2)27-23)29-7-8-34-19(13-29)14-31/h9-12,17,19,31H,3-8,13-14H2,1-2H3,(H,32,33). The van der Waals surface area contributed by atoms with Crippen LogP contribution in [-0.4, -0.2) is 86.5 Å². The summed E-state index contributed by atoms with van der Waals surface area (Å²) in [5.41, 5.74) is 3.41. The number of fused-ring (bicyclic) bond motifs is 1. The molecule has 0 spiro atoms. The number of carboxylic acid groups (broad SMARTS) is 1. The van der Waals surface area contributed by atoms with Crippen molar-refractivity contribution in [2.24, 2.45) is 0 Å². The van der Waals surface area contributed by atoms with Gasteiger partial charge in [-0.2, -0.15) is 5.10 Å². The average molecular weight is 467 g/mol. The number of rotatable bonds is 4. The number of carbonyl (C=O) groups is 1. The summed E-state index contributed by atoms with van der Waals surface area (Å²) in [6.07, 6.45) is 2.41. The first-order valence-corrected chi connectivity index (χ1v) is 11.7. The van der Waals surface area contributed by atoms with Crippen molar-refractivity contribution in [2.45, 2.75) is 38.7 Å². The van der Waals surface area contributed by atoms with Crippen LogP contribution in [0.5, 0.6) is 0 Å². The number of aliphatic hydroxyl groups is 1. The van der Waals surface area contributed by atoms with Gasteiger partial charge in [-0.25, -0.2) is 19.4 Å². The smallest absolute Gasteiger partial charge is 0.407 e. The fraction of sp³-hybridized carbons (Fsp3) is 0.500. The van der Waals surface area contributed by atoms with Gasteiger partial charge in [-0.05, 0) is 55.9 Å². The highest BCUT2D eigenvalue weighted by molar-refractivity contribution is 5.82. The minimum absolute atomic E-state index is 0.0231. The summed E-state index contributed by atoms with van der Waals surface area (Å²) >= 11 is 0. The van der Waals surface area contributed by atoms with Crippen LogP contribution in [-0.2, 0) is 4.74 Å². The van der Waals surface area contributed by atoms with Crippen molar-refractivity contribution in [1.82, 2.24) is 24.6 Å². The van der Waals surface area contributed by atoms with Gasteiger partial charge in [0.25, 0.3) is 0 Å². The van der Waals surface area contributed by atoms with Crippen LogP contribution < -0.4 is 4.90 Å². The van der Waals surface area contributed by atoms with E-state index < -0.39 is 6.09 Å². The number of ether oxygens (including phenoxy) is 1. The number of amides is 1. The number of aromatic nitrogens is 4. The van der Waals surface area contributed by atoms with Crippen molar-refractivity contribution in [3.63, 3.8) is 0 Å². The molecule has 1 unspecified atom stereocenters. The fourth-order valence-corrected chi connectivity index (χ4v) is 5.05. The van der Waals surface area contributed by atoms with E-state index in [1.807, 2.05) is 23.9 Å². The Morgan fingerprint density at radius 3 is 2.62 bits per heavy atom. The van der Waals surface area contributed by atoms with Gasteiger partial charge in [0.15, 0.2) is 5.82 Å². The zero-order valence-corrected chi connectivity index (χ0v) is 19.5. The number of hydrogen-bond acceptors (Lipinski definition) is 7. The molecule has 2 aliphatic heterocycles. The quantitative estimate of drug-likeness (QED) is 0.602. The molecule has 2 saturated heterocycles. The van der Waals surface area contributed by atoms with Crippen LogP contribution in [0.25, 0.3) is 16.7 Å². The van der Waals surface area contributed by atoms with E-state index in [1.54, 1.807) is 0 Å². The first-order valence-electron chi connectivity index (χ1n) is 11.7. The lowest BCUT2D eigenvalue weighted by Gasteiger charge is -2.33. The largest absolute Gasteiger partial charge is 0.465 e. The van der Waals surface area contributed by atoms with E-state index >= 15 is 0 Å². The number of aliphatic hydroxyl groups excluding tert-OH is 1. The van der Waals surface area contributed by atoms with Gasteiger partial charge >= 0.3 is 6.09 Å². The van der Waals surface area contributed by atoms with Crippen LogP contribution in [0, 0.1) is 13.8 Å². The summed E-state index contributed by atoms with van der Waals surface area (Å²) in [7, 11) is 0. The molecule has 0 radical (unpaired) electrons. The maximum absolute atomic E-state index is 11.3. The highest BCUT2D eigenvalue weighted by atomic mass is 16.5. The van der Waals surface area contributed by atoms with Crippen molar-refractivity contribution in [2.75, 3.05) is 44.3 Å². The number of likely N-dealkylation sites (tertiary alicyclic amines) is 1. The molecule has 10 heteroatoms. The molecule has 180 valence electrons. The highest BCUT2D eigenvalue weighted by Crippen LogP contribution is 2.33. The topological polar surface area (TPSA) is 117 Å². The summed E-state index contributed by atoms with van der Waals surface area (Å²) in [6, 6.07) is 6.27. The molecule has 1 amide bonds. The second-order valence-corrected chi connectivity index (χ2v) is 9.12. The molecule has 3 aromatic rings. The highest BCUT2D eigenvalue weighted by Gasteiger charge is 2.26. The van der Waals surface area contributed by atoms with Gasteiger partial charge in [-0.1, -0.05) is 0 Å². The molecule has 4 heterocycles. The lowest BCUT2D eigenvalue weighted by Crippen LogP contribution is -2.44. The lowest BCUT2D eigenvalue weighted by molar-refractivity contribution is 0.00335. The van der Waals surface area contributed by atoms with Crippen molar-refractivity contribution >= 4 is 22.8 Å². The number of aryl methyl sites for hydroxylation is 2. The third kappa shape index (κ3) is 4.30. The van der Waals surface area contributed by atoms with E-state index in [0.29, 0.717) is 50.3 Å². The fourth-order valence-electron chi connectivity index (χ4n) is 5.05. The molecule has 10 nitrogen and oxygen atoms in total. The summed E-state index contributed by atoms with van der Waals surface area (Å²) in [5.74, 6) is 2.45. The number of morpholine rings is 1. The van der Waals surface area contributed by atoms with Gasteiger partial charge in [-0.3, -0.25) is 0 Å². The Hall–Kier alpha value is -3.24. The molecule has 0 aliphatic carbocycles. The van der Waals surface area contributed by atoms with Crippen molar-refractivity contribution in [1.29, 1.82) is 0 Å². The van der Waals surface area contributed by atoms with E-state index in [9.17, 15) is 15.0 Å². The first-order chi connectivity index (χ1) is 16.4. The Balaban J connectivity index is 1.48. The normalized spacial score (nSPS) is 19.7. The van der Waals surface area contributed by atoms with E-state index in [0.717, 1.165) is 29.6 Å². The van der Waals surface area contributed by atoms with Crippen LogP contribution in [0.15, 0.2) is 24.4 Å². The number of benzene rings is 1. The van der Waals surface area contributed by atoms with Gasteiger partial charge in [0.1, 0.15) is 11.6 Å². The molecule has 1 atom stereocenters. The molecule has 0 bridgehead atoms. The predicted molar refractivity (Wildman–Crippen MR) is 127 cm³/mol. The van der Waals surface area contributed by atoms with E-state index in [1.165, 1.54) is 16.0 Å². The predicted octanol–water partition coefficient (Wildman–Crippen LogP) is 2.49. The third-order valence-electron chi connectivity index (χ3n) is 6.86. The molecular weight excluding hydrogens is 436 g/mol. The Morgan fingerprint density at radius 2 is 1.88 bits per heavy atom. The molecule has 34 heavy (non-hydrogen) atoms. The third-order valence-corrected chi connectivity index (χ3v) is 6.86. The maximum atomic E-state index is 11.3. The molecule has 0 saturated carbocycles. The van der Waals surface area contributed by atoms with Crippen molar-refractivity contribution in [3.05, 3.63) is 41.3 Å². The van der Waals surface area contributed by atoms with Crippen LogP contribution in [0.2, 0.25) is 0 Å². The summed E-state index contributed by atoms with van der Waals surface area (Å²) in [6.45, 7) is 6.88. The molecule has 5 rings (SSSR count). The van der Waals surface area contributed by atoms with Crippen LogP contribution >= 0.6 is 0 Å². The second kappa shape index (κ2) is 9.19. The zero-order valence-electron chi connectivity index (χ0n) is 19.5. The molecular formula is C24H30N6O4. The Labute approximate surface area is 197 Å². The number of hydrogen-bond donors (Lipinski definition) is 2. The van der Waals surface area contributed by atoms with Crippen molar-refractivity contribution in [3.8, 4) is 5.82 Å². The molecule has 2 fully saturated rings. The van der Waals surface area contributed by atoms with E-state index in [2.05, 4.69) is 39.0 Å². The van der Waals surface area contributed by atoms with Gasteiger partial charge in [0.2, 0.25) is 0 Å². The zero-order chi connectivity index (χ0) is 23.8. The summed E-state index contributed by atoms with van der Waals surface area (Å²) in [5, 5.41) is 24.5. The SMILES string of the molecule is Cc1nc(N2CCOC(CO)C2)cc(-n2ncc3cc(C)c(C4CCN(C(=O)O)CC4)cc32)n1. The molecule has 2 aromatic heterocycles. The molecule has 1 aromatic carbocycles. The maximum Gasteiger partial charge on any atom is 0.407 e. The molecule has 2 N–H and O–H groups in total. The Kier molecular flexibility index (Phi) is 6.09. The van der Waals surface area contributed by atoms with E-state index in [-0.39, 0.29) is 12.7 Å². The Morgan fingerprint density at radius 1 is 1.12 bits per heavy atom. The first kappa shape index (κ1) is 22.5. The van der Waals surface area contributed by atoms with Gasteiger partial charge in [-0.15, -0.1) is 0 Å². The number of piperidine rings is 1. The minimum Gasteiger partial charge on any atom is -0.465 e.